The van der Waals surface area contributed by atoms with E-state index in [0.717, 1.165) is 11.8 Å². The number of rotatable bonds is 2. The zero-order valence-electron chi connectivity index (χ0n) is 10.7. The summed E-state index contributed by atoms with van der Waals surface area (Å²) in [6.07, 6.45) is 3.21. The molecule has 1 aromatic rings. The van der Waals surface area contributed by atoms with Gasteiger partial charge in [-0.15, -0.1) is 11.8 Å². The first-order valence-electron chi connectivity index (χ1n) is 5.73. The van der Waals surface area contributed by atoms with Crippen LogP contribution in [-0.4, -0.2) is 27.5 Å². The Kier molecular flexibility index (Phi) is 3.60. The molecule has 1 aromatic carbocycles. The fourth-order valence-electron chi connectivity index (χ4n) is 1.84. The predicted octanol–water partition coefficient (Wildman–Crippen LogP) is 2.66. The van der Waals surface area contributed by atoms with Crippen molar-refractivity contribution in [3.63, 3.8) is 0 Å². The fraction of sp³-hybridized carbons (Fsp3) is 0.167. The van der Waals surface area contributed by atoms with E-state index in [1.807, 2.05) is 6.26 Å². The molecule has 3 rings (SSSR count). The Morgan fingerprint density at radius 2 is 2.14 bits per heavy atom. The number of carbonyl (C=O) groups is 1. The molecule has 2 aliphatic rings. The molecule has 0 amide bonds. The van der Waals surface area contributed by atoms with Crippen LogP contribution in [0.2, 0.25) is 0 Å². The van der Waals surface area contributed by atoms with Crippen LogP contribution in [0.3, 0.4) is 0 Å². The Balaban J connectivity index is 2.08. The van der Waals surface area contributed by atoms with Gasteiger partial charge < -0.3 is 9.47 Å². The van der Waals surface area contributed by atoms with Gasteiger partial charge in [0.05, 0.1) is 16.6 Å². The summed E-state index contributed by atoms with van der Waals surface area (Å²) < 4.78 is 10.9. The monoisotopic (exact) mass is 324 g/mol. The van der Waals surface area contributed by atoms with Crippen LogP contribution in [0.15, 0.2) is 22.8 Å². The maximum absolute atomic E-state index is 11.8. The Labute approximate surface area is 127 Å². The first-order valence-corrected chi connectivity index (χ1v) is 7.77. The standard InChI is InChI=1S/C12H8N2O5S2/c1-20-12-13-7(11(15)21-12)2-6-3-9-10(19-5-18-9)4-8(6)14(16)17/h2-4H,5H2,1H3. The number of hydrogen-bond acceptors (Lipinski definition) is 8. The number of nitro groups is 1. The summed E-state index contributed by atoms with van der Waals surface area (Å²) in [5.74, 6) is 0.740. The van der Waals surface area contributed by atoms with Crippen molar-refractivity contribution in [3.8, 4) is 11.5 Å². The lowest BCUT2D eigenvalue weighted by atomic mass is 10.1. The number of hydrogen-bond donors (Lipinski definition) is 0. The third-order valence-corrected chi connectivity index (χ3v) is 4.64. The van der Waals surface area contributed by atoms with Gasteiger partial charge in [-0.3, -0.25) is 14.9 Å². The van der Waals surface area contributed by atoms with Crippen molar-refractivity contribution in [1.29, 1.82) is 0 Å². The minimum atomic E-state index is -0.528. The Morgan fingerprint density at radius 1 is 1.43 bits per heavy atom. The molecule has 0 atom stereocenters. The Hall–Kier alpha value is -2.00. The maximum atomic E-state index is 11.8. The highest BCUT2D eigenvalue weighted by Gasteiger charge is 2.26. The lowest BCUT2D eigenvalue weighted by Crippen LogP contribution is -1.94. The smallest absolute Gasteiger partial charge is 0.280 e. The molecule has 9 heteroatoms. The number of thioether (sulfide) groups is 2. The fourth-order valence-corrected chi connectivity index (χ4v) is 3.11. The third-order valence-electron chi connectivity index (χ3n) is 2.79. The summed E-state index contributed by atoms with van der Waals surface area (Å²) in [6, 6.07) is 2.78. The second-order valence-electron chi connectivity index (χ2n) is 4.02. The van der Waals surface area contributed by atoms with E-state index in [1.165, 1.54) is 30.0 Å². The molecular formula is C12H8N2O5S2. The predicted molar refractivity (Wildman–Crippen MR) is 80.7 cm³/mol. The molecular weight excluding hydrogens is 316 g/mol. The van der Waals surface area contributed by atoms with Crippen LogP contribution in [-0.2, 0) is 4.79 Å². The van der Waals surface area contributed by atoms with Crippen molar-refractivity contribution >= 4 is 44.8 Å². The van der Waals surface area contributed by atoms with Gasteiger partial charge in [0.25, 0.3) is 5.69 Å². The highest BCUT2D eigenvalue weighted by molar-refractivity contribution is 8.45. The summed E-state index contributed by atoms with van der Waals surface area (Å²) in [5.41, 5.74) is 0.294. The van der Waals surface area contributed by atoms with E-state index in [4.69, 9.17) is 9.47 Å². The first kappa shape index (κ1) is 14.0. The molecule has 0 spiro atoms. The van der Waals surface area contributed by atoms with Gasteiger partial charge in [-0.25, -0.2) is 4.99 Å². The Bertz CT molecular complexity index is 714. The molecule has 2 heterocycles. The van der Waals surface area contributed by atoms with Crippen LogP contribution in [0.4, 0.5) is 5.69 Å². The Morgan fingerprint density at radius 3 is 2.76 bits per heavy atom. The van der Waals surface area contributed by atoms with Gasteiger partial charge in [0, 0.05) is 0 Å². The highest BCUT2D eigenvalue weighted by Crippen LogP contribution is 2.39. The van der Waals surface area contributed by atoms with Crippen molar-refractivity contribution in [1.82, 2.24) is 0 Å². The van der Waals surface area contributed by atoms with E-state index < -0.39 is 4.92 Å². The molecule has 0 N–H and O–H groups in total. The number of benzene rings is 1. The molecule has 0 saturated heterocycles. The number of carbonyl (C=O) groups excluding carboxylic acids is 1. The topological polar surface area (TPSA) is 91.0 Å². The van der Waals surface area contributed by atoms with Crippen molar-refractivity contribution in [2.75, 3.05) is 13.0 Å². The normalized spacial score (nSPS) is 18.2. The van der Waals surface area contributed by atoms with E-state index in [-0.39, 0.29) is 28.9 Å². The van der Waals surface area contributed by atoms with Gasteiger partial charge >= 0.3 is 0 Å². The maximum Gasteiger partial charge on any atom is 0.280 e. The third kappa shape index (κ3) is 2.61. The molecule has 0 bridgehead atoms. The summed E-state index contributed by atoms with van der Waals surface area (Å²) in [6.45, 7) is 0.0239. The largest absolute Gasteiger partial charge is 0.454 e. The lowest BCUT2D eigenvalue weighted by molar-refractivity contribution is -0.385. The van der Waals surface area contributed by atoms with Crippen LogP contribution >= 0.6 is 23.5 Å². The summed E-state index contributed by atoms with van der Waals surface area (Å²) in [5, 5.41) is 10.9. The number of nitrogens with zero attached hydrogens (tertiary/aromatic N) is 2. The highest BCUT2D eigenvalue weighted by atomic mass is 32.2. The van der Waals surface area contributed by atoms with Gasteiger partial charge in [-0.1, -0.05) is 0 Å². The second kappa shape index (κ2) is 5.41. The van der Waals surface area contributed by atoms with Gasteiger partial charge in [-0.2, -0.15) is 0 Å². The van der Waals surface area contributed by atoms with E-state index in [9.17, 15) is 14.9 Å². The average Bonchev–Trinajstić information content (AvgIpc) is 3.04. The van der Waals surface area contributed by atoms with Crippen LogP contribution in [0.5, 0.6) is 11.5 Å². The summed E-state index contributed by atoms with van der Waals surface area (Å²) >= 11 is 2.37. The molecule has 0 aliphatic carbocycles. The molecule has 0 aromatic heterocycles. The molecule has 108 valence electrons. The molecule has 21 heavy (non-hydrogen) atoms. The quantitative estimate of drug-likeness (QED) is 0.469. The zero-order valence-corrected chi connectivity index (χ0v) is 12.3. The molecule has 0 radical (unpaired) electrons. The van der Waals surface area contributed by atoms with Crippen LogP contribution in [0.25, 0.3) is 6.08 Å². The molecule has 7 nitrogen and oxygen atoms in total. The average molecular weight is 324 g/mol. The van der Waals surface area contributed by atoms with Gasteiger partial charge in [-0.05, 0) is 30.2 Å². The van der Waals surface area contributed by atoms with Crippen LogP contribution in [0, 0.1) is 10.1 Å². The minimum Gasteiger partial charge on any atom is -0.454 e. The van der Waals surface area contributed by atoms with Crippen molar-refractivity contribution in [2.24, 2.45) is 4.99 Å². The van der Waals surface area contributed by atoms with Crippen molar-refractivity contribution in [2.45, 2.75) is 0 Å². The van der Waals surface area contributed by atoms with Gasteiger partial charge in [0.2, 0.25) is 11.9 Å². The van der Waals surface area contributed by atoms with Crippen molar-refractivity contribution < 1.29 is 19.2 Å². The minimum absolute atomic E-state index is 0.0239. The van der Waals surface area contributed by atoms with E-state index in [2.05, 4.69) is 4.99 Å². The second-order valence-corrected chi connectivity index (χ2v) is 6.04. The molecule has 0 fully saturated rings. The molecule has 2 aliphatic heterocycles. The van der Waals surface area contributed by atoms with E-state index in [1.54, 1.807) is 0 Å². The molecule has 0 unspecified atom stereocenters. The summed E-state index contributed by atoms with van der Waals surface area (Å²) in [7, 11) is 0. The number of fused-ring (bicyclic) bond motifs is 1. The van der Waals surface area contributed by atoms with E-state index in [0.29, 0.717) is 15.9 Å². The number of nitro benzene ring substituents is 1. The van der Waals surface area contributed by atoms with Crippen molar-refractivity contribution in [3.05, 3.63) is 33.5 Å². The van der Waals surface area contributed by atoms with Crippen LogP contribution < -0.4 is 9.47 Å². The number of ether oxygens (including phenoxy) is 2. The zero-order chi connectivity index (χ0) is 15.0. The van der Waals surface area contributed by atoms with Gasteiger partial charge in [0.1, 0.15) is 10.1 Å². The SMILES string of the molecule is CSC1=NC(=Cc2cc3c(cc2[N+](=O)[O-])OCO3)C(=O)S1. The number of aliphatic imine (C=N–C) groups is 1. The van der Waals surface area contributed by atoms with Gasteiger partial charge in [0.15, 0.2) is 11.5 Å². The van der Waals surface area contributed by atoms with E-state index >= 15 is 0 Å². The first-order chi connectivity index (χ1) is 10.1. The summed E-state index contributed by atoms with van der Waals surface area (Å²) in [4.78, 5) is 26.6. The molecule has 0 saturated carbocycles. The van der Waals surface area contributed by atoms with Crippen LogP contribution in [0.1, 0.15) is 5.56 Å². The lowest BCUT2D eigenvalue weighted by Gasteiger charge is -2.01.